The van der Waals surface area contributed by atoms with Crippen LogP contribution in [-0.4, -0.2) is 23.6 Å². The van der Waals surface area contributed by atoms with E-state index in [0.29, 0.717) is 16.8 Å². The molecule has 0 bridgehead atoms. The van der Waals surface area contributed by atoms with Gasteiger partial charge in [0.15, 0.2) is 0 Å². The number of H-pyrrole nitrogens is 1. The van der Waals surface area contributed by atoms with Gasteiger partial charge in [-0.05, 0) is 5.56 Å². The summed E-state index contributed by atoms with van der Waals surface area (Å²) in [5.74, 6) is -0.203. The van der Waals surface area contributed by atoms with Gasteiger partial charge < -0.3 is 5.73 Å². The predicted octanol–water partition coefficient (Wildman–Crippen LogP) is 0.986. The largest absolute Gasteiger partial charge is 0.389 e. The Balaban J connectivity index is 2.23. The number of aromatic amines is 1. The van der Waals surface area contributed by atoms with Crippen LogP contribution < -0.4 is 10.5 Å². The van der Waals surface area contributed by atoms with Crippen LogP contribution in [0.5, 0.6) is 0 Å². The van der Waals surface area contributed by atoms with Crippen molar-refractivity contribution in [2.24, 2.45) is 5.73 Å². The van der Waals surface area contributed by atoms with Crippen molar-refractivity contribution in [2.75, 3.05) is 4.72 Å². The number of rotatable bonds is 5. The van der Waals surface area contributed by atoms with E-state index in [1.807, 2.05) is 0 Å². The Morgan fingerprint density at radius 2 is 2.16 bits per heavy atom. The molecule has 0 saturated heterocycles. The van der Waals surface area contributed by atoms with E-state index >= 15 is 0 Å². The van der Waals surface area contributed by atoms with Crippen LogP contribution in [0, 0.1) is 0 Å². The second-order valence-corrected chi connectivity index (χ2v) is 6.03. The van der Waals surface area contributed by atoms with Gasteiger partial charge in [0.1, 0.15) is 4.99 Å². The Labute approximate surface area is 116 Å². The van der Waals surface area contributed by atoms with E-state index in [2.05, 4.69) is 14.9 Å². The molecule has 0 aliphatic carbocycles. The first kappa shape index (κ1) is 13.5. The lowest BCUT2D eigenvalue weighted by Gasteiger charge is -2.09. The molecule has 1 heterocycles. The van der Waals surface area contributed by atoms with Crippen molar-refractivity contribution in [3.63, 3.8) is 0 Å². The van der Waals surface area contributed by atoms with Gasteiger partial charge in [0.25, 0.3) is 0 Å². The summed E-state index contributed by atoms with van der Waals surface area (Å²) < 4.78 is 26.4. The van der Waals surface area contributed by atoms with E-state index in [0.717, 1.165) is 0 Å². The second kappa shape index (κ2) is 5.37. The molecule has 2 aromatic rings. The number of nitrogens with two attached hydrogens (primary N) is 1. The zero-order valence-electron chi connectivity index (χ0n) is 9.83. The van der Waals surface area contributed by atoms with E-state index in [1.54, 1.807) is 24.3 Å². The summed E-state index contributed by atoms with van der Waals surface area (Å²) in [5.41, 5.74) is 7.08. The third-order valence-electron chi connectivity index (χ3n) is 2.40. The Morgan fingerprint density at radius 3 is 2.79 bits per heavy atom. The highest BCUT2D eigenvalue weighted by Gasteiger charge is 2.15. The monoisotopic (exact) mass is 296 g/mol. The average Bonchev–Trinajstić information content (AvgIpc) is 2.80. The molecule has 1 aromatic carbocycles. The third kappa shape index (κ3) is 3.52. The molecule has 0 fully saturated rings. The molecule has 8 heteroatoms. The maximum atomic E-state index is 12.0. The first-order chi connectivity index (χ1) is 8.98. The minimum Gasteiger partial charge on any atom is -0.389 e. The molecule has 0 atom stereocenters. The molecule has 0 spiro atoms. The molecule has 0 unspecified atom stereocenters. The fraction of sp³-hybridized carbons (Fsp3) is 0.0909. The van der Waals surface area contributed by atoms with E-state index in [9.17, 15) is 8.42 Å². The van der Waals surface area contributed by atoms with Crippen LogP contribution in [0.1, 0.15) is 11.1 Å². The molecule has 19 heavy (non-hydrogen) atoms. The van der Waals surface area contributed by atoms with Gasteiger partial charge in [0, 0.05) is 11.8 Å². The standard InChI is InChI=1S/C11H12N4O2S2/c12-11(18)10-4-2-1-3-8(10)7-19(16,17)15-9-5-13-14-6-9/h1-6,15H,7H2,(H2,12,18)(H,13,14). The van der Waals surface area contributed by atoms with E-state index < -0.39 is 10.0 Å². The number of aromatic nitrogens is 2. The number of benzene rings is 1. The van der Waals surface area contributed by atoms with Gasteiger partial charge in [-0.15, -0.1) is 0 Å². The number of hydrogen-bond acceptors (Lipinski definition) is 4. The van der Waals surface area contributed by atoms with Crippen molar-refractivity contribution in [3.05, 3.63) is 47.8 Å². The van der Waals surface area contributed by atoms with Gasteiger partial charge in [-0.25, -0.2) is 8.42 Å². The maximum Gasteiger partial charge on any atom is 0.237 e. The zero-order chi connectivity index (χ0) is 13.9. The van der Waals surface area contributed by atoms with E-state index in [4.69, 9.17) is 18.0 Å². The number of nitrogens with one attached hydrogen (secondary N) is 2. The Kier molecular flexibility index (Phi) is 3.82. The minimum absolute atomic E-state index is 0.175. The molecule has 2 rings (SSSR count). The Bertz CT molecular complexity index is 680. The predicted molar refractivity (Wildman–Crippen MR) is 77.2 cm³/mol. The molecule has 100 valence electrons. The normalized spacial score (nSPS) is 11.2. The molecule has 0 radical (unpaired) electrons. The second-order valence-electron chi connectivity index (χ2n) is 3.87. The molecule has 6 nitrogen and oxygen atoms in total. The van der Waals surface area contributed by atoms with Gasteiger partial charge in [0.2, 0.25) is 10.0 Å². The van der Waals surface area contributed by atoms with Crippen LogP contribution in [0.3, 0.4) is 0 Å². The summed E-state index contributed by atoms with van der Waals surface area (Å²) in [4.78, 5) is 0.175. The lowest BCUT2D eigenvalue weighted by molar-refractivity contribution is 0.600. The topological polar surface area (TPSA) is 101 Å². The van der Waals surface area contributed by atoms with Crippen LogP contribution in [0.15, 0.2) is 36.7 Å². The number of anilines is 1. The molecule has 0 aliphatic rings. The molecule has 4 N–H and O–H groups in total. The first-order valence-corrected chi connectivity index (χ1v) is 7.41. The third-order valence-corrected chi connectivity index (χ3v) is 3.86. The van der Waals surface area contributed by atoms with Crippen molar-refractivity contribution < 1.29 is 8.42 Å². The van der Waals surface area contributed by atoms with E-state index in [1.165, 1.54) is 12.4 Å². The summed E-state index contributed by atoms with van der Waals surface area (Å²) in [7, 11) is -3.54. The molecular formula is C11H12N4O2S2. The van der Waals surface area contributed by atoms with Gasteiger partial charge in [-0.2, -0.15) is 5.10 Å². The van der Waals surface area contributed by atoms with Crippen molar-refractivity contribution in [2.45, 2.75) is 5.75 Å². The molecular weight excluding hydrogens is 284 g/mol. The summed E-state index contributed by atoms with van der Waals surface area (Å²) in [6.07, 6.45) is 2.84. The van der Waals surface area contributed by atoms with Gasteiger partial charge in [-0.3, -0.25) is 9.82 Å². The van der Waals surface area contributed by atoms with Crippen LogP contribution >= 0.6 is 12.2 Å². The van der Waals surface area contributed by atoms with Crippen molar-refractivity contribution in [3.8, 4) is 0 Å². The van der Waals surface area contributed by atoms with Crippen molar-refractivity contribution in [1.82, 2.24) is 10.2 Å². The van der Waals surface area contributed by atoms with E-state index in [-0.39, 0.29) is 10.7 Å². The molecule has 1 aromatic heterocycles. The van der Waals surface area contributed by atoms with Crippen molar-refractivity contribution in [1.29, 1.82) is 0 Å². The highest BCUT2D eigenvalue weighted by molar-refractivity contribution is 7.91. The number of sulfonamides is 1. The summed E-state index contributed by atoms with van der Waals surface area (Å²) >= 11 is 4.90. The SMILES string of the molecule is NC(=S)c1ccccc1CS(=O)(=O)Nc1cn[nH]c1. The van der Waals surface area contributed by atoms with Crippen LogP contribution in [0.4, 0.5) is 5.69 Å². The summed E-state index contributed by atoms with van der Waals surface area (Å²) in [6.45, 7) is 0. The lowest BCUT2D eigenvalue weighted by Crippen LogP contribution is -2.18. The van der Waals surface area contributed by atoms with Crippen LogP contribution in [-0.2, 0) is 15.8 Å². The molecule has 0 saturated carbocycles. The van der Waals surface area contributed by atoms with Gasteiger partial charge >= 0.3 is 0 Å². The van der Waals surface area contributed by atoms with Crippen molar-refractivity contribution >= 4 is 32.9 Å². The quantitative estimate of drug-likeness (QED) is 0.714. The first-order valence-electron chi connectivity index (χ1n) is 5.35. The average molecular weight is 296 g/mol. The lowest BCUT2D eigenvalue weighted by atomic mass is 10.1. The highest BCUT2D eigenvalue weighted by Crippen LogP contribution is 2.14. The maximum absolute atomic E-state index is 12.0. The van der Waals surface area contributed by atoms with Gasteiger partial charge in [0.05, 0.1) is 17.6 Å². The minimum atomic E-state index is -3.54. The smallest absolute Gasteiger partial charge is 0.237 e. The zero-order valence-corrected chi connectivity index (χ0v) is 11.5. The van der Waals surface area contributed by atoms with Gasteiger partial charge in [-0.1, -0.05) is 36.5 Å². The number of nitrogens with zero attached hydrogens (tertiary/aromatic N) is 1. The fourth-order valence-corrected chi connectivity index (χ4v) is 3.02. The number of hydrogen-bond donors (Lipinski definition) is 3. The fourth-order valence-electron chi connectivity index (χ4n) is 1.61. The highest BCUT2D eigenvalue weighted by atomic mass is 32.2. The summed E-state index contributed by atoms with van der Waals surface area (Å²) in [6, 6.07) is 6.88. The molecule has 0 aliphatic heterocycles. The Hall–Kier alpha value is -1.93. The molecule has 0 amide bonds. The summed E-state index contributed by atoms with van der Waals surface area (Å²) in [5, 5.41) is 6.19. The number of thiocarbonyl (C=S) groups is 1. The Morgan fingerprint density at radius 1 is 1.42 bits per heavy atom. The van der Waals surface area contributed by atoms with Crippen LogP contribution in [0.2, 0.25) is 0 Å². The van der Waals surface area contributed by atoms with Crippen LogP contribution in [0.25, 0.3) is 0 Å².